The number of alkyl halides is 3. The molecule has 0 aliphatic carbocycles. The zero-order chi connectivity index (χ0) is 25.7. The first kappa shape index (κ1) is 25.5. The fraction of sp³-hybridized carbons (Fsp3) is 0.400. The van der Waals surface area contributed by atoms with E-state index in [1.807, 2.05) is 0 Å². The molecular weight excluding hydrogens is 477 g/mol. The number of piperazine rings is 1. The van der Waals surface area contributed by atoms with Crippen LogP contribution in [0.5, 0.6) is 0 Å². The van der Waals surface area contributed by atoms with Crippen molar-refractivity contribution in [2.24, 2.45) is 0 Å². The molecular formula is C25H27F3N4O4. The molecule has 4 rings (SSSR count). The number of amides is 4. The Morgan fingerprint density at radius 2 is 1.72 bits per heavy atom. The van der Waals surface area contributed by atoms with Gasteiger partial charge >= 0.3 is 12.2 Å². The van der Waals surface area contributed by atoms with E-state index in [2.05, 4.69) is 10.6 Å². The molecule has 0 saturated carbocycles. The maximum Gasteiger partial charge on any atom is 0.416 e. The summed E-state index contributed by atoms with van der Waals surface area (Å²) < 4.78 is 44.0. The van der Waals surface area contributed by atoms with Crippen LogP contribution in [0.15, 0.2) is 54.6 Å². The lowest BCUT2D eigenvalue weighted by Crippen LogP contribution is -2.62. The number of ether oxygens (including phenoxy) is 1. The summed E-state index contributed by atoms with van der Waals surface area (Å²) in [7, 11) is 0. The summed E-state index contributed by atoms with van der Waals surface area (Å²) in [6.45, 7) is 1.15. The van der Waals surface area contributed by atoms with Gasteiger partial charge in [0.05, 0.1) is 18.2 Å². The maximum absolute atomic E-state index is 13.2. The fourth-order valence-electron chi connectivity index (χ4n) is 4.26. The molecule has 2 aromatic carbocycles. The summed E-state index contributed by atoms with van der Waals surface area (Å²) in [5.74, 6) is -0.725. The summed E-state index contributed by atoms with van der Waals surface area (Å²) in [5, 5.41) is 5.40. The Labute approximate surface area is 206 Å². The molecule has 4 amide bonds. The van der Waals surface area contributed by atoms with Crippen LogP contribution in [0, 0.1) is 0 Å². The summed E-state index contributed by atoms with van der Waals surface area (Å²) in [4.78, 5) is 42.0. The first-order valence-electron chi connectivity index (χ1n) is 11.7. The lowest BCUT2D eigenvalue weighted by Gasteiger charge is -2.40. The molecule has 0 aromatic heterocycles. The van der Waals surface area contributed by atoms with Crippen LogP contribution in [0.1, 0.15) is 28.8 Å². The largest absolute Gasteiger partial charge is 0.416 e. The molecule has 2 saturated heterocycles. The van der Waals surface area contributed by atoms with Gasteiger partial charge in [-0.3, -0.25) is 9.59 Å². The van der Waals surface area contributed by atoms with Crippen molar-refractivity contribution in [1.82, 2.24) is 15.1 Å². The molecule has 36 heavy (non-hydrogen) atoms. The van der Waals surface area contributed by atoms with Crippen LogP contribution in [0.4, 0.5) is 23.7 Å². The first-order valence-corrected chi connectivity index (χ1v) is 11.7. The molecule has 0 radical (unpaired) electrons. The van der Waals surface area contributed by atoms with Crippen molar-refractivity contribution in [2.45, 2.75) is 31.2 Å². The second-order valence-electron chi connectivity index (χ2n) is 8.71. The van der Waals surface area contributed by atoms with Crippen LogP contribution in [0.2, 0.25) is 0 Å². The van der Waals surface area contributed by atoms with Crippen molar-refractivity contribution in [3.05, 3.63) is 65.7 Å². The van der Waals surface area contributed by atoms with Crippen molar-refractivity contribution >= 4 is 23.5 Å². The van der Waals surface area contributed by atoms with Gasteiger partial charge in [-0.15, -0.1) is 0 Å². The number of hydrogen-bond donors (Lipinski definition) is 2. The normalized spacial score (nSPS) is 20.2. The third-order valence-electron chi connectivity index (χ3n) is 6.24. The van der Waals surface area contributed by atoms with Gasteiger partial charge in [0.15, 0.2) is 0 Å². The highest BCUT2D eigenvalue weighted by Gasteiger charge is 2.38. The molecule has 2 aromatic rings. The Hall–Kier alpha value is -3.60. The number of benzene rings is 2. The number of halogens is 3. The zero-order valence-corrected chi connectivity index (χ0v) is 19.5. The number of carbonyl (C=O) groups excluding carboxylic acids is 3. The molecule has 2 unspecified atom stereocenters. The molecule has 2 aliphatic heterocycles. The quantitative estimate of drug-likeness (QED) is 0.654. The van der Waals surface area contributed by atoms with Gasteiger partial charge in [-0.25, -0.2) is 4.79 Å². The summed E-state index contributed by atoms with van der Waals surface area (Å²) in [6.07, 6.45) is -2.82. The van der Waals surface area contributed by atoms with Gasteiger partial charge in [-0.1, -0.05) is 18.2 Å². The van der Waals surface area contributed by atoms with E-state index in [4.69, 9.17) is 4.74 Å². The molecule has 192 valence electrons. The third-order valence-corrected chi connectivity index (χ3v) is 6.24. The van der Waals surface area contributed by atoms with Crippen molar-refractivity contribution in [3.63, 3.8) is 0 Å². The van der Waals surface area contributed by atoms with Crippen LogP contribution in [-0.4, -0.2) is 72.6 Å². The minimum absolute atomic E-state index is 0.0671. The smallest absolute Gasteiger partial charge is 0.376 e. The average Bonchev–Trinajstić information content (AvgIpc) is 3.40. The predicted octanol–water partition coefficient (Wildman–Crippen LogP) is 3.36. The SMILES string of the molecule is O=C(NCC1CCCO1)C1CN(C(=O)Nc2ccc(C(F)(F)F)cc2)CCN1C(=O)c1ccccc1. The highest BCUT2D eigenvalue weighted by atomic mass is 19.4. The minimum atomic E-state index is -4.48. The summed E-state index contributed by atoms with van der Waals surface area (Å²) in [6, 6.07) is 11.2. The standard InChI is InChI=1S/C25H27F3N4O4/c26-25(27,28)18-8-10-19(11-9-18)30-24(35)31-12-13-32(23(34)17-5-2-1-3-6-17)21(16-31)22(33)29-15-20-7-4-14-36-20/h1-3,5-6,8-11,20-21H,4,7,12-16H2,(H,29,33)(H,30,35). The number of nitrogens with one attached hydrogen (secondary N) is 2. The number of urea groups is 1. The van der Waals surface area contributed by atoms with Crippen LogP contribution in [0.3, 0.4) is 0 Å². The Bertz CT molecular complexity index is 1070. The number of hydrogen-bond acceptors (Lipinski definition) is 4. The lowest BCUT2D eigenvalue weighted by atomic mass is 10.1. The van der Waals surface area contributed by atoms with Gasteiger partial charge in [-0.2, -0.15) is 13.2 Å². The van der Waals surface area contributed by atoms with Gasteiger partial charge in [0.2, 0.25) is 5.91 Å². The van der Waals surface area contributed by atoms with E-state index in [1.54, 1.807) is 30.3 Å². The monoisotopic (exact) mass is 504 g/mol. The van der Waals surface area contributed by atoms with Crippen molar-refractivity contribution in [1.29, 1.82) is 0 Å². The topological polar surface area (TPSA) is 91.0 Å². The third kappa shape index (κ3) is 6.14. The van der Waals surface area contributed by atoms with Gasteiger partial charge < -0.3 is 25.2 Å². The van der Waals surface area contributed by atoms with Gasteiger partial charge in [0.1, 0.15) is 6.04 Å². The van der Waals surface area contributed by atoms with Gasteiger partial charge in [0, 0.05) is 37.5 Å². The highest BCUT2D eigenvalue weighted by Crippen LogP contribution is 2.30. The van der Waals surface area contributed by atoms with Crippen LogP contribution in [-0.2, 0) is 15.7 Å². The number of anilines is 1. The van der Waals surface area contributed by atoms with E-state index in [9.17, 15) is 27.6 Å². The maximum atomic E-state index is 13.2. The van der Waals surface area contributed by atoms with E-state index >= 15 is 0 Å². The van der Waals surface area contributed by atoms with E-state index in [0.717, 1.165) is 25.0 Å². The van der Waals surface area contributed by atoms with E-state index in [1.165, 1.54) is 21.9 Å². The Morgan fingerprint density at radius 1 is 1.00 bits per heavy atom. The fourth-order valence-corrected chi connectivity index (χ4v) is 4.26. The van der Waals surface area contributed by atoms with E-state index in [-0.39, 0.29) is 37.3 Å². The molecule has 2 atom stereocenters. The van der Waals surface area contributed by atoms with E-state index < -0.39 is 29.7 Å². The Balaban J connectivity index is 1.45. The molecule has 8 nitrogen and oxygen atoms in total. The second-order valence-corrected chi connectivity index (χ2v) is 8.71. The number of nitrogens with zero attached hydrogens (tertiary/aromatic N) is 2. The number of carbonyl (C=O) groups is 3. The molecule has 0 bridgehead atoms. The van der Waals surface area contributed by atoms with Gasteiger partial charge in [-0.05, 0) is 49.2 Å². The zero-order valence-electron chi connectivity index (χ0n) is 19.5. The summed E-state index contributed by atoms with van der Waals surface area (Å²) >= 11 is 0. The van der Waals surface area contributed by atoms with Gasteiger partial charge in [0.25, 0.3) is 5.91 Å². The van der Waals surface area contributed by atoms with Crippen molar-refractivity contribution in [2.75, 3.05) is 38.1 Å². The molecule has 2 heterocycles. The van der Waals surface area contributed by atoms with Crippen LogP contribution >= 0.6 is 0 Å². The van der Waals surface area contributed by atoms with Crippen LogP contribution in [0.25, 0.3) is 0 Å². The number of rotatable bonds is 5. The van der Waals surface area contributed by atoms with Crippen LogP contribution < -0.4 is 10.6 Å². The molecule has 2 N–H and O–H groups in total. The molecule has 0 spiro atoms. The van der Waals surface area contributed by atoms with E-state index in [0.29, 0.717) is 18.7 Å². The molecule has 2 fully saturated rings. The highest BCUT2D eigenvalue weighted by molar-refractivity contribution is 5.98. The second kappa shape index (κ2) is 11.0. The predicted molar refractivity (Wildman–Crippen MR) is 125 cm³/mol. The van der Waals surface area contributed by atoms with Crippen molar-refractivity contribution < 1.29 is 32.3 Å². The minimum Gasteiger partial charge on any atom is -0.376 e. The summed E-state index contributed by atoms with van der Waals surface area (Å²) in [5.41, 5.74) is -0.205. The average molecular weight is 505 g/mol. The Morgan fingerprint density at radius 3 is 2.36 bits per heavy atom. The lowest BCUT2D eigenvalue weighted by molar-refractivity contribution is -0.137. The van der Waals surface area contributed by atoms with Crippen molar-refractivity contribution in [3.8, 4) is 0 Å². The first-order chi connectivity index (χ1) is 17.2. The Kier molecular flexibility index (Phi) is 7.78. The molecule has 2 aliphatic rings. The molecule has 11 heteroatoms.